The van der Waals surface area contributed by atoms with Gasteiger partial charge in [0.25, 0.3) is 0 Å². The molecule has 0 aliphatic carbocycles. The lowest BCUT2D eigenvalue weighted by atomic mass is 9.96. The van der Waals surface area contributed by atoms with Crippen molar-refractivity contribution in [1.29, 1.82) is 5.26 Å². The van der Waals surface area contributed by atoms with Crippen molar-refractivity contribution in [2.75, 3.05) is 5.73 Å². The van der Waals surface area contributed by atoms with Gasteiger partial charge in [-0.2, -0.15) is 5.26 Å². The van der Waals surface area contributed by atoms with Crippen molar-refractivity contribution in [1.82, 2.24) is 4.98 Å². The Morgan fingerprint density at radius 1 is 1.15 bits per heavy atom. The Labute approximate surface area is 117 Å². The molecule has 0 radical (unpaired) electrons. The van der Waals surface area contributed by atoms with E-state index in [9.17, 15) is 0 Å². The lowest BCUT2D eigenvalue weighted by Gasteiger charge is -2.10. The number of nitrogens with two attached hydrogens (primary N) is 1. The molecular weight excluding hydrogens is 246 g/mol. The molecule has 3 nitrogen and oxygen atoms in total. The van der Waals surface area contributed by atoms with E-state index in [0.29, 0.717) is 11.3 Å². The van der Waals surface area contributed by atoms with E-state index in [2.05, 4.69) is 17.1 Å². The molecule has 96 valence electrons. The molecule has 0 bridgehead atoms. The maximum atomic E-state index is 9.04. The van der Waals surface area contributed by atoms with Crippen LogP contribution in [-0.2, 0) is 0 Å². The second kappa shape index (κ2) is 4.67. The highest BCUT2D eigenvalue weighted by molar-refractivity contribution is 5.96. The fraction of sp³-hybridized carbons (Fsp3) is 0.0588. The fourth-order valence-electron chi connectivity index (χ4n) is 2.38. The summed E-state index contributed by atoms with van der Waals surface area (Å²) >= 11 is 0. The molecule has 0 saturated carbocycles. The molecular formula is C17H13N3. The minimum Gasteiger partial charge on any atom is -0.398 e. The zero-order chi connectivity index (χ0) is 14.1. The molecule has 0 atom stereocenters. The molecule has 3 rings (SSSR count). The molecule has 2 N–H and O–H groups in total. The van der Waals surface area contributed by atoms with Crippen molar-refractivity contribution in [3.8, 4) is 17.2 Å². The van der Waals surface area contributed by atoms with Crippen molar-refractivity contribution < 1.29 is 0 Å². The van der Waals surface area contributed by atoms with E-state index in [1.165, 1.54) is 0 Å². The second-order valence-electron chi connectivity index (χ2n) is 4.80. The monoisotopic (exact) mass is 259 g/mol. The number of nitriles is 1. The maximum absolute atomic E-state index is 9.04. The van der Waals surface area contributed by atoms with Gasteiger partial charge in [-0.3, -0.25) is 4.98 Å². The molecule has 1 aromatic heterocycles. The van der Waals surface area contributed by atoms with Gasteiger partial charge in [0.2, 0.25) is 0 Å². The van der Waals surface area contributed by atoms with Crippen LogP contribution < -0.4 is 5.73 Å². The van der Waals surface area contributed by atoms with Gasteiger partial charge in [-0.05, 0) is 59.3 Å². The number of anilines is 1. The molecule has 0 saturated heterocycles. The van der Waals surface area contributed by atoms with Crippen molar-refractivity contribution >= 4 is 16.5 Å². The lowest BCUT2D eigenvalue weighted by molar-refractivity contribution is 1.36. The number of aryl methyl sites for hydroxylation is 1. The number of pyridine rings is 1. The van der Waals surface area contributed by atoms with Crippen LogP contribution >= 0.6 is 0 Å². The molecule has 0 amide bonds. The second-order valence-corrected chi connectivity index (χ2v) is 4.80. The number of benzene rings is 2. The van der Waals surface area contributed by atoms with Crippen LogP contribution in [0.25, 0.3) is 21.9 Å². The lowest BCUT2D eigenvalue weighted by Crippen LogP contribution is -1.91. The molecule has 0 spiro atoms. The van der Waals surface area contributed by atoms with Gasteiger partial charge in [-0.1, -0.05) is 6.07 Å². The number of fused-ring (bicyclic) bond motifs is 1. The first kappa shape index (κ1) is 12.2. The number of nitrogen functional groups attached to an aromatic ring is 1. The van der Waals surface area contributed by atoms with Crippen LogP contribution in [0.3, 0.4) is 0 Å². The van der Waals surface area contributed by atoms with E-state index in [0.717, 1.165) is 27.5 Å². The average Bonchev–Trinajstić information content (AvgIpc) is 2.48. The summed E-state index contributed by atoms with van der Waals surface area (Å²) in [5.74, 6) is 0. The Morgan fingerprint density at radius 3 is 2.80 bits per heavy atom. The van der Waals surface area contributed by atoms with Crippen molar-refractivity contribution in [3.63, 3.8) is 0 Å². The van der Waals surface area contributed by atoms with Crippen molar-refractivity contribution in [2.24, 2.45) is 0 Å². The number of rotatable bonds is 1. The Kier molecular flexibility index (Phi) is 2.85. The van der Waals surface area contributed by atoms with Gasteiger partial charge < -0.3 is 5.73 Å². The largest absolute Gasteiger partial charge is 0.398 e. The summed E-state index contributed by atoms with van der Waals surface area (Å²) in [7, 11) is 0. The highest BCUT2D eigenvalue weighted by atomic mass is 14.6. The van der Waals surface area contributed by atoms with Crippen LogP contribution in [0.1, 0.15) is 11.1 Å². The highest BCUT2D eigenvalue weighted by Gasteiger charge is 2.07. The van der Waals surface area contributed by atoms with Gasteiger partial charge in [-0.25, -0.2) is 0 Å². The molecule has 1 heterocycles. The zero-order valence-electron chi connectivity index (χ0n) is 11.1. The molecule has 0 fully saturated rings. The predicted octanol–water partition coefficient (Wildman–Crippen LogP) is 3.66. The van der Waals surface area contributed by atoms with E-state index in [1.54, 1.807) is 12.4 Å². The first-order valence-corrected chi connectivity index (χ1v) is 6.33. The van der Waals surface area contributed by atoms with E-state index in [4.69, 9.17) is 11.0 Å². The third kappa shape index (κ3) is 1.98. The van der Waals surface area contributed by atoms with E-state index >= 15 is 0 Å². The van der Waals surface area contributed by atoms with Crippen molar-refractivity contribution in [2.45, 2.75) is 6.92 Å². The van der Waals surface area contributed by atoms with Gasteiger partial charge in [0.05, 0.1) is 11.6 Å². The Hall–Kier alpha value is -2.86. The Bertz CT molecular complexity index is 844. The smallest absolute Gasteiger partial charge is 0.0991 e. The first-order chi connectivity index (χ1) is 9.69. The quantitative estimate of drug-likeness (QED) is 0.678. The van der Waals surface area contributed by atoms with Gasteiger partial charge in [0.15, 0.2) is 0 Å². The minimum atomic E-state index is 0.652. The van der Waals surface area contributed by atoms with Crippen LogP contribution in [0, 0.1) is 18.3 Å². The summed E-state index contributed by atoms with van der Waals surface area (Å²) in [6, 6.07) is 13.8. The summed E-state index contributed by atoms with van der Waals surface area (Å²) in [6.07, 6.45) is 3.52. The van der Waals surface area contributed by atoms with E-state index in [-0.39, 0.29) is 0 Å². The summed E-state index contributed by atoms with van der Waals surface area (Å²) in [4.78, 5) is 4.10. The van der Waals surface area contributed by atoms with Gasteiger partial charge in [-0.15, -0.1) is 0 Å². The highest BCUT2D eigenvalue weighted by Crippen LogP contribution is 2.31. The normalized spacial score (nSPS) is 10.4. The molecule has 0 aliphatic heterocycles. The van der Waals surface area contributed by atoms with Crippen LogP contribution in [0.5, 0.6) is 0 Å². The third-order valence-electron chi connectivity index (χ3n) is 3.47. The molecule has 2 aromatic carbocycles. The maximum Gasteiger partial charge on any atom is 0.0991 e. The molecule has 20 heavy (non-hydrogen) atoms. The van der Waals surface area contributed by atoms with Crippen LogP contribution in [0.2, 0.25) is 0 Å². The van der Waals surface area contributed by atoms with Gasteiger partial charge in [0, 0.05) is 23.5 Å². The average molecular weight is 259 g/mol. The first-order valence-electron chi connectivity index (χ1n) is 6.33. The van der Waals surface area contributed by atoms with Gasteiger partial charge in [0.1, 0.15) is 0 Å². The number of hydrogen-bond acceptors (Lipinski definition) is 3. The number of aromatic nitrogens is 1. The SMILES string of the molecule is Cc1ccc(C#N)cc1-c1cc(N)c2cnccc2c1. The van der Waals surface area contributed by atoms with E-state index in [1.807, 2.05) is 37.3 Å². The summed E-state index contributed by atoms with van der Waals surface area (Å²) in [5, 5.41) is 11.0. The standard InChI is InChI=1S/C17H13N3/c1-11-2-3-12(9-18)6-15(11)14-7-13-4-5-20-10-16(13)17(19)8-14/h2-8,10H,19H2,1H3. The topological polar surface area (TPSA) is 62.7 Å². The van der Waals surface area contributed by atoms with Crippen LogP contribution in [0.15, 0.2) is 48.8 Å². The van der Waals surface area contributed by atoms with Crippen LogP contribution in [-0.4, -0.2) is 4.98 Å². The number of nitrogens with zero attached hydrogens (tertiary/aromatic N) is 2. The minimum absolute atomic E-state index is 0.652. The zero-order valence-corrected chi connectivity index (χ0v) is 11.1. The Balaban J connectivity index is 2.28. The Morgan fingerprint density at radius 2 is 2.00 bits per heavy atom. The van der Waals surface area contributed by atoms with Crippen LogP contribution in [0.4, 0.5) is 5.69 Å². The summed E-state index contributed by atoms with van der Waals surface area (Å²) in [6.45, 7) is 2.03. The summed E-state index contributed by atoms with van der Waals surface area (Å²) in [5.41, 5.74) is 10.6. The fourth-order valence-corrected chi connectivity index (χ4v) is 2.38. The molecule has 3 heteroatoms. The third-order valence-corrected chi connectivity index (χ3v) is 3.47. The van der Waals surface area contributed by atoms with Crippen molar-refractivity contribution in [3.05, 3.63) is 59.9 Å². The predicted molar refractivity (Wildman–Crippen MR) is 81.0 cm³/mol. The molecule has 0 aliphatic rings. The summed E-state index contributed by atoms with van der Waals surface area (Å²) < 4.78 is 0. The number of hydrogen-bond donors (Lipinski definition) is 1. The van der Waals surface area contributed by atoms with E-state index < -0.39 is 0 Å². The van der Waals surface area contributed by atoms with Gasteiger partial charge >= 0.3 is 0 Å². The molecule has 3 aromatic rings. The molecule has 0 unspecified atom stereocenters.